The third kappa shape index (κ3) is 5.81. The lowest BCUT2D eigenvalue weighted by Crippen LogP contribution is -2.55. The van der Waals surface area contributed by atoms with Crippen molar-refractivity contribution >= 4 is 35.5 Å². The number of nitrogens with one attached hydrogen (secondary N) is 2. The van der Waals surface area contributed by atoms with Gasteiger partial charge in [-0.2, -0.15) is 0 Å². The number of aryl methyl sites for hydroxylation is 1. The number of rotatable bonds is 7. The van der Waals surface area contributed by atoms with Crippen molar-refractivity contribution in [2.24, 2.45) is 0 Å². The molecule has 0 unspecified atom stereocenters. The van der Waals surface area contributed by atoms with Crippen molar-refractivity contribution in [3.63, 3.8) is 0 Å². The van der Waals surface area contributed by atoms with Crippen LogP contribution in [-0.2, 0) is 20.7 Å². The number of likely N-dealkylation sites (tertiary alicyclic amines) is 1. The molecule has 0 spiro atoms. The summed E-state index contributed by atoms with van der Waals surface area (Å²) in [6.07, 6.45) is 3.25. The standard InChI is InChI=1S/C23H26ClFN4O5/c1-4-16-20(24)28-21(26-16)22(31)27-17-9-10-29(12-18(17)33-2)19(30)8-7-13-5-6-14(11-15(13)25)23(32)34-3/h5-8,11,17-18H,4,9-10,12H2,1-3H3,(H,26,28)(H,27,31)/b8-7+/t17-,18+/m0/s1. The predicted octanol–water partition coefficient (Wildman–Crippen LogP) is 2.61. The van der Waals surface area contributed by atoms with Crippen LogP contribution in [0.4, 0.5) is 4.39 Å². The molecule has 0 aliphatic carbocycles. The number of imidazole rings is 1. The van der Waals surface area contributed by atoms with E-state index in [2.05, 4.69) is 20.0 Å². The first-order valence-electron chi connectivity index (χ1n) is 10.7. The fourth-order valence-electron chi connectivity index (χ4n) is 3.66. The highest BCUT2D eigenvalue weighted by atomic mass is 35.5. The number of hydrogen-bond donors (Lipinski definition) is 2. The minimum Gasteiger partial charge on any atom is -0.465 e. The fourth-order valence-corrected chi connectivity index (χ4v) is 3.93. The summed E-state index contributed by atoms with van der Waals surface area (Å²) >= 11 is 6.01. The van der Waals surface area contributed by atoms with Gasteiger partial charge in [0, 0.05) is 31.8 Å². The Morgan fingerprint density at radius 1 is 1.35 bits per heavy atom. The number of amides is 2. The molecule has 2 aromatic rings. The summed E-state index contributed by atoms with van der Waals surface area (Å²) in [6, 6.07) is 3.54. The molecule has 1 aliphatic rings. The van der Waals surface area contributed by atoms with Crippen LogP contribution >= 0.6 is 11.6 Å². The molecule has 2 amide bonds. The molecule has 1 saturated heterocycles. The molecule has 0 radical (unpaired) electrons. The van der Waals surface area contributed by atoms with Gasteiger partial charge in [-0.1, -0.05) is 24.6 Å². The number of benzene rings is 1. The summed E-state index contributed by atoms with van der Waals surface area (Å²) < 4.78 is 24.3. The lowest BCUT2D eigenvalue weighted by molar-refractivity contribution is -0.130. The van der Waals surface area contributed by atoms with Gasteiger partial charge in [0.25, 0.3) is 5.91 Å². The Labute approximate surface area is 201 Å². The lowest BCUT2D eigenvalue weighted by Gasteiger charge is -2.37. The number of piperidine rings is 1. The lowest BCUT2D eigenvalue weighted by atomic mass is 10.0. The zero-order valence-corrected chi connectivity index (χ0v) is 19.8. The molecule has 11 heteroatoms. The van der Waals surface area contributed by atoms with Crippen LogP contribution in [0.3, 0.4) is 0 Å². The van der Waals surface area contributed by atoms with Crippen LogP contribution in [0.25, 0.3) is 6.08 Å². The number of nitrogens with zero attached hydrogens (tertiary/aromatic N) is 2. The van der Waals surface area contributed by atoms with Gasteiger partial charge in [-0.15, -0.1) is 0 Å². The van der Waals surface area contributed by atoms with E-state index in [0.717, 1.165) is 6.07 Å². The Hall–Kier alpha value is -3.24. The quantitative estimate of drug-likeness (QED) is 0.453. The minimum atomic E-state index is -0.646. The van der Waals surface area contributed by atoms with Crippen LogP contribution in [0.15, 0.2) is 24.3 Å². The molecule has 182 valence electrons. The highest BCUT2D eigenvalue weighted by Gasteiger charge is 2.32. The van der Waals surface area contributed by atoms with E-state index in [1.165, 1.54) is 38.5 Å². The SMILES string of the molecule is CCc1[nH]c(C(=O)N[C@H]2CCN(C(=O)/C=C/c3ccc(C(=O)OC)cc3F)C[C@H]2OC)nc1Cl. The van der Waals surface area contributed by atoms with Gasteiger partial charge in [0.15, 0.2) is 11.0 Å². The summed E-state index contributed by atoms with van der Waals surface area (Å²) in [6.45, 7) is 2.51. The average molecular weight is 493 g/mol. The second-order valence-corrected chi connectivity index (χ2v) is 8.05. The molecule has 2 atom stereocenters. The van der Waals surface area contributed by atoms with Gasteiger partial charge in [0.2, 0.25) is 5.91 Å². The maximum absolute atomic E-state index is 14.3. The highest BCUT2D eigenvalue weighted by Crippen LogP contribution is 2.18. The molecule has 1 fully saturated rings. The van der Waals surface area contributed by atoms with E-state index in [0.29, 0.717) is 25.1 Å². The molecule has 1 aliphatic heterocycles. The number of methoxy groups -OCH3 is 2. The summed E-state index contributed by atoms with van der Waals surface area (Å²) in [5, 5.41) is 3.15. The summed E-state index contributed by atoms with van der Waals surface area (Å²) in [7, 11) is 2.72. The van der Waals surface area contributed by atoms with E-state index in [1.54, 1.807) is 4.90 Å². The first kappa shape index (κ1) is 25.4. The van der Waals surface area contributed by atoms with Crippen LogP contribution in [0.5, 0.6) is 0 Å². The van der Waals surface area contributed by atoms with E-state index in [-0.39, 0.29) is 40.6 Å². The number of carbonyl (C=O) groups is 3. The van der Waals surface area contributed by atoms with Crippen molar-refractivity contribution < 1.29 is 28.2 Å². The number of halogens is 2. The van der Waals surface area contributed by atoms with E-state index < -0.39 is 23.8 Å². The van der Waals surface area contributed by atoms with Gasteiger partial charge in [-0.3, -0.25) is 9.59 Å². The van der Waals surface area contributed by atoms with Crippen molar-refractivity contribution in [3.8, 4) is 0 Å². The minimum absolute atomic E-state index is 0.0817. The fraction of sp³-hybridized carbons (Fsp3) is 0.391. The van der Waals surface area contributed by atoms with Crippen LogP contribution in [0, 0.1) is 5.82 Å². The summed E-state index contributed by atoms with van der Waals surface area (Å²) in [5.41, 5.74) is 0.923. The van der Waals surface area contributed by atoms with E-state index in [4.69, 9.17) is 16.3 Å². The van der Waals surface area contributed by atoms with Gasteiger partial charge in [-0.25, -0.2) is 14.2 Å². The number of aromatic amines is 1. The van der Waals surface area contributed by atoms with Crippen molar-refractivity contribution in [3.05, 3.63) is 57.9 Å². The van der Waals surface area contributed by atoms with Crippen molar-refractivity contribution in [1.82, 2.24) is 20.2 Å². The topological polar surface area (TPSA) is 114 Å². The third-order valence-electron chi connectivity index (χ3n) is 5.61. The number of carbonyl (C=O) groups excluding carboxylic acids is 3. The molecule has 0 saturated carbocycles. The molecule has 9 nitrogen and oxygen atoms in total. The highest BCUT2D eigenvalue weighted by molar-refractivity contribution is 6.30. The van der Waals surface area contributed by atoms with Crippen LogP contribution in [0.2, 0.25) is 5.15 Å². The predicted molar refractivity (Wildman–Crippen MR) is 123 cm³/mol. The average Bonchev–Trinajstić information content (AvgIpc) is 3.23. The third-order valence-corrected chi connectivity index (χ3v) is 5.93. The molecule has 1 aromatic heterocycles. The molecule has 2 heterocycles. The van der Waals surface area contributed by atoms with Crippen LogP contribution < -0.4 is 5.32 Å². The first-order chi connectivity index (χ1) is 16.3. The smallest absolute Gasteiger partial charge is 0.337 e. The second-order valence-electron chi connectivity index (χ2n) is 7.70. The maximum Gasteiger partial charge on any atom is 0.337 e. The normalized spacial score (nSPS) is 18.2. The Bertz CT molecular complexity index is 1100. The van der Waals surface area contributed by atoms with Crippen LogP contribution in [0.1, 0.15) is 45.6 Å². The van der Waals surface area contributed by atoms with E-state index >= 15 is 0 Å². The molecule has 1 aromatic carbocycles. The van der Waals surface area contributed by atoms with Crippen molar-refractivity contribution in [2.75, 3.05) is 27.3 Å². The summed E-state index contributed by atoms with van der Waals surface area (Å²) in [5.74, 6) is -1.90. The Kier molecular flexibility index (Phi) is 8.41. The Morgan fingerprint density at radius 3 is 2.74 bits per heavy atom. The number of H-pyrrole nitrogens is 1. The zero-order chi connectivity index (χ0) is 24.8. The van der Waals surface area contributed by atoms with Gasteiger partial charge in [0.05, 0.1) is 30.5 Å². The monoisotopic (exact) mass is 492 g/mol. The van der Waals surface area contributed by atoms with E-state index in [1.807, 2.05) is 6.92 Å². The number of ether oxygens (including phenoxy) is 2. The molecule has 3 rings (SSSR count). The number of esters is 1. The van der Waals surface area contributed by atoms with E-state index in [9.17, 15) is 18.8 Å². The molecule has 2 N–H and O–H groups in total. The maximum atomic E-state index is 14.3. The van der Waals surface area contributed by atoms with Gasteiger partial charge in [0.1, 0.15) is 5.82 Å². The van der Waals surface area contributed by atoms with Gasteiger partial charge in [-0.05, 0) is 31.1 Å². The number of aromatic nitrogens is 2. The summed E-state index contributed by atoms with van der Waals surface area (Å²) in [4.78, 5) is 45.2. The van der Waals surface area contributed by atoms with Crippen molar-refractivity contribution in [2.45, 2.75) is 31.9 Å². The molecule has 34 heavy (non-hydrogen) atoms. The largest absolute Gasteiger partial charge is 0.465 e. The molecular weight excluding hydrogens is 467 g/mol. The van der Waals surface area contributed by atoms with Gasteiger partial charge >= 0.3 is 5.97 Å². The first-order valence-corrected chi connectivity index (χ1v) is 11.1. The Morgan fingerprint density at radius 2 is 2.12 bits per heavy atom. The second kappa shape index (κ2) is 11.3. The van der Waals surface area contributed by atoms with Crippen LogP contribution in [-0.4, -0.2) is 72.1 Å². The number of hydrogen-bond acceptors (Lipinski definition) is 6. The van der Waals surface area contributed by atoms with Gasteiger partial charge < -0.3 is 24.7 Å². The zero-order valence-electron chi connectivity index (χ0n) is 19.1. The molecule has 0 bridgehead atoms. The molecular formula is C23H26ClFN4O5. The Balaban J connectivity index is 1.61. The van der Waals surface area contributed by atoms with Crippen molar-refractivity contribution in [1.29, 1.82) is 0 Å².